The van der Waals surface area contributed by atoms with Crippen LogP contribution < -0.4 is 0 Å². The molecule has 312 valence electrons. The summed E-state index contributed by atoms with van der Waals surface area (Å²) < 4.78 is 11.7. The van der Waals surface area contributed by atoms with Crippen molar-refractivity contribution >= 4 is 81.8 Å². The molecule has 5 nitrogen and oxygen atoms in total. The summed E-state index contributed by atoms with van der Waals surface area (Å²) in [5.74, 6) is 0.541. The molecule has 68 heavy (non-hydrogen) atoms. The van der Waals surface area contributed by atoms with Crippen LogP contribution in [0.4, 0.5) is 0 Å². The van der Waals surface area contributed by atoms with Gasteiger partial charge >= 0.3 is 0 Å². The van der Waals surface area contributed by atoms with E-state index in [1.165, 1.54) is 121 Å². The Hall–Kier alpha value is -8.54. The summed E-state index contributed by atoms with van der Waals surface area (Å²) in [4.78, 5) is 11.3. The van der Waals surface area contributed by atoms with Crippen LogP contribution in [0.2, 0.25) is 0 Å². The molecule has 0 aliphatic heterocycles. The zero-order chi connectivity index (χ0) is 43.5. The van der Waals surface area contributed by atoms with Crippen molar-refractivity contribution < 1.29 is 4.42 Å². The van der Waals surface area contributed by atoms with Crippen LogP contribution in [0.3, 0.4) is 0 Å². The van der Waals surface area contributed by atoms with Gasteiger partial charge in [-0.05, 0) is 86.0 Å². The van der Waals surface area contributed by atoms with E-state index in [1.54, 1.807) is 0 Å². The predicted octanol–water partition coefficient (Wildman–Crippen LogP) is 14.5. The lowest BCUT2D eigenvalue weighted by molar-refractivity contribution is 0.331. The minimum absolute atomic E-state index is 0.0613. The van der Waals surface area contributed by atoms with Gasteiger partial charge in [-0.15, -0.1) is 0 Å². The van der Waals surface area contributed by atoms with Crippen LogP contribution in [0.15, 0.2) is 187 Å². The van der Waals surface area contributed by atoms with Gasteiger partial charge < -0.3 is 13.4 Å². The van der Waals surface area contributed by atoms with Crippen molar-refractivity contribution in [2.24, 2.45) is 0 Å². The van der Waals surface area contributed by atoms with Gasteiger partial charge in [0.2, 0.25) is 0 Å². The number of benzene rings is 8. The van der Waals surface area contributed by atoms with E-state index in [0.29, 0.717) is 0 Å². The first-order chi connectivity index (χ1) is 33.8. The Balaban J connectivity index is 1.04. The van der Waals surface area contributed by atoms with Gasteiger partial charge in [0.1, 0.15) is 11.2 Å². The van der Waals surface area contributed by atoms with Crippen LogP contribution in [-0.2, 0) is 5.41 Å². The second-order valence-electron chi connectivity index (χ2n) is 20.1. The van der Waals surface area contributed by atoms with Crippen LogP contribution >= 0.6 is 0 Å². The van der Waals surface area contributed by atoms with Crippen molar-refractivity contribution in [2.45, 2.75) is 29.1 Å². The number of hydrogen-bond acceptors (Lipinski definition) is 3. The Labute approximate surface area is 387 Å². The maximum absolute atomic E-state index is 6.61. The Morgan fingerprint density at radius 2 is 1.01 bits per heavy atom. The normalized spacial score (nSPS) is 21.0. The fourth-order valence-corrected chi connectivity index (χ4v) is 15.6. The Kier molecular flexibility index (Phi) is 5.48. The molecule has 0 amide bonds. The quantitative estimate of drug-likeness (QED) is 0.165. The lowest BCUT2D eigenvalue weighted by atomic mass is 9.43. The molecule has 3 unspecified atom stereocenters. The standard InChI is InChI=1S/C63H34N4O/c1-3-16-33-31(14-1)49-32-15-2-4-17-34(32)50(33)60-55(49)53-39-28-44-52(37-20-7-11-24-42(37)66(44)43-25-13-27-48-51(43)38-21-8-12-26-47(38)68-48)56-54-46(67(62(39)56)45(53)29-64-60)30-65-61-57(54)58-35-18-5-9-22-40(35)63(58)41-23-10-6-19-36(41)59(61)63/h1-30,49-50,58-59H. The smallest absolute Gasteiger partial charge is 0.137 e. The Bertz CT molecular complexity index is 4690. The molecule has 5 heteroatoms. The third kappa shape index (κ3) is 3.36. The molecule has 0 saturated heterocycles. The fourth-order valence-electron chi connectivity index (χ4n) is 15.6. The van der Waals surface area contributed by atoms with Crippen molar-refractivity contribution in [3.05, 3.63) is 249 Å². The molecule has 6 aromatic heterocycles. The SMILES string of the molecule is c1ccc2c(c1)C1c3ccccc3C2c2c1ncc1c2c2cc3c(c4ccccc4n3-c3cccc4oc5ccccc5c34)c3c4c5c(ncc4n1c23)C1c2ccccc2C12c1ccccc1C52. The highest BCUT2D eigenvalue weighted by Gasteiger charge is 2.70. The highest BCUT2D eigenvalue weighted by atomic mass is 16.3. The molecule has 0 radical (unpaired) electrons. The lowest BCUT2D eigenvalue weighted by Crippen LogP contribution is -2.52. The zero-order valence-corrected chi connectivity index (χ0v) is 36.3. The van der Waals surface area contributed by atoms with Gasteiger partial charge in [-0.25, -0.2) is 0 Å². The van der Waals surface area contributed by atoms with Gasteiger partial charge in [0, 0.05) is 60.9 Å². The number of rotatable bonds is 1. The Morgan fingerprint density at radius 3 is 1.78 bits per heavy atom. The topological polar surface area (TPSA) is 48.3 Å². The van der Waals surface area contributed by atoms with Gasteiger partial charge in [-0.1, -0.05) is 140 Å². The molecule has 6 heterocycles. The van der Waals surface area contributed by atoms with Gasteiger partial charge in [0.25, 0.3) is 0 Å². The second kappa shape index (κ2) is 11.0. The number of hydrogen-bond donors (Lipinski definition) is 0. The van der Waals surface area contributed by atoms with E-state index in [9.17, 15) is 0 Å². The van der Waals surface area contributed by atoms with Gasteiger partial charge in [0.05, 0.1) is 68.4 Å². The Morgan fingerprint density at radius 1 is 0.412 bits per heavy atom. The predicted molar refractivity (Wildman–Crippen MR) is 270 cm³/mol. The van der Waals surface area contributed by atoms with Crippen molar-refractivity contribution in [1.82, 2.24) is 18.9 Å². The van der Waals surface area contributed by atoms with E-state index in [4.69, 9.17) is 14.4 Å². The third-order valence-corrected chi connectivity index (χ3v) is 17.7. The molecular formula is C63H34N4O. The minimum Gasteiger partial charge on any atom is -0.456 e. The molecule has 3 atom stereocenters. The number of furan rings is 1. The molecular weight excluding hydrogens is 829 g/mol. The first-order valence-electron chi connectivity index (χ1n) is 24.0. The molecule has 1 spiro atoms. The third-order valence-electron chi connectivity index (χ3n) is 17.7. The number of para-hydroxylation sites is 2. The minimum atomic E-state index is -0.114. The van der Waals surface area contributed by atoms with Gasteiger partial charge in [-0.3, -0.25) is 9.97 Å². The van der Waals surface area contributed by atoms with E-state index in [2.05, 4.69) is 191 Å². The van der Waals surface area contributed by atoms with Crippen LogP contribution in [-0.4, -0.2) is 18.9 Å². The maximum atomic E-state index is 6.61. The average Bonchev–Trinajstić information content (AvgIpc) is 4.16. The van der Waals surface area contributed by atoms with Crippen molar-refractivity contribution in [2.75, 3.05) is 0 Å². The first kappa shape index (κ1) is 33.9. The van der Waals surface area contributed by atoms with Crippen molar-refractivity contribution in [3.63, 3.8) is 0 Å². The summed E-state index contributed by atoms with van der Waals surface area (Å²) in [6.07, 6.45) is 4.44. The van der Waals surface area contributed by atoms with Crippen molar-refractivity contribution in [1.29, 1.82) is 0 Å². The monoisotopic (exact) mass is 862 g/mol. The summed E-state index contributed by atoms with van der Waals surface area (Å²) in [6, 6.07) is 63.4. The summed E-state index contributed by atoms with van der Waals surface area (Å²) in [7, 11) is 0. The second-order valence-corrected chi connectivity index (χ2v) is 20.1. The van der Waals surface area contributed by atoms with E-state index in [1.807, 2.05) is 0 Å². The molecule has 2 bridgehead atoms. The maximum Gasteiger partial charge on any atom is 0.137 e. The average molecular weight is 863 g/mol. The summed E-state index contributed by atoms with van der Waals surface area (Å²) >= 11 is 0. The number of fused-ring (bicyclic) bond motifs is 21. The molecule has 0 fully saturated rings. The number of pyridine rings is 2. The highest BCUT2D eigenvalue weighted by molar-refractivity contribution is 6.37. The highest BCUT2D eigenvalue weighted by Crippen LogP contribution is 2.78. The molecule has 0 N–H and O–H groups in total. The van der Waals surface area contributed by atoms with Crippen LogP contribution in [0, 0.1) is 0 Å². The molecule has 0 saturated carbocycles. The van der Waals surface area contributed by atoms with Gasteiger partial charge in [-0.2, -0.15) is 0 Å². The van der Waals surface area contributed by atoms with Gasteiger partial charge in [0.15, 0.2) is 0 Å². The number of aromatic nitrogens is 4. The fraction of sp³-hybridized carbons (Fsp3) is 0.0794. The number of nitrogens with zero attached hydrogens (tertiary/aromatic N) is 4. The molecule has 6 aliphatic rings. The molecule has 6 aliphatic carbocycles. The summed E-state index contributed by atoms with van der Waals surface area (Å²) in [5.41, 5.74) is 25.3. The molecule has 20 rings (SSSR count). The lowest BCUT2D eigenvalue weighted by Gasteiger charge is -2.58. The largest absolute Gasteiger partial charge is 0.456 e. The first-order valence-corrected chi connectivity index (χ1v) is 24.0. The summed E-state index contributed by atoms with van der Waals surface area (Å²) in [6.45, 7) is 0. The summed E-state index contributed by atoms with van der Waals surface area (Å²) in [5, 5.41) is 10.0. The van der Waals surface area contributed by atoms with Crippen LogP contribution in [0.1, 0.15) is 90.7 Å². The molecule has 14 aromatic rings. The molecule has 8 aromatic carbocycles. The van der Waals surface area contributed by atoms with Crippen molar-refractivity contribution in [3.8, 4) is 5.69 Å². The van der Waals surface area contributed by atoms with Crippen LogP contribution in [0.5, 0.6) is 0 Å². The van der Waals surface area contributed by atoms with E-state index in [0.717, 1.165) is 33.1 Å². The van der Waals surface area contributed by atoms with E-state index >= 15 is 0 Å². The van der Waals surface area contributed by atoms with E-state index in [-0.39, 0.29) is 29.1 Å². The van der Waals surface area contributed by atoms with E-state index < -0.39 is 0 Å². The van der Waals surface area contributed by atoms with Crippen LogP contribution in [0.25, 0.3) is 87.5 Å². The zero-order valence-electron chi connectivity index (χ0n) is 36.3.